The van der Waals surface area contributed by atoms with Gasteiger partial charge in [-0.05, 0) is 11.6 Å². The maximum absolute atomic E-state index is 14.2. The summed E-state index contributed by atoms with van der Waals surface area (Å²) in [5.41, 5.74) is 2.56. The van der Waals surface area contributed by atoms with E-state index >= 15 is 0 Å². The van der Waals surface area contributed by atoms with Crippen LogP contribution in [0.1, 0.15) is 27.4 Å². The molecule has 0 unspecified atom stereocenters. The third-order valence-electron chi connectivity index (χ3n) is 7.05. The van der Waals surface area contributed by atoms with E-state index in [1.54, 1.807) is 0 Å². The number of nitrogens with zero attached hydrogens (tertiary/aromatic N) is 1. The quantitative estimate of drug-likeness (QED) is 0.627. The first-order valence-corrected chi connectivity index (χ1v) is 11.8. The topological polar surface area (TPSA) is 49.4 Å². The molecule has 0 saturated carbocycles. The summed E-state index contributed by atoms with van der Waals surface area (Å²) < 4.78 is 0. The third kappa shape index (κ3) is 2.54. The van der Waals surface area contributed by atoms with E-state index in [0.29, 0.717) is 5.56 Å². The number of thioether (sulfide) groups is 1. The average molecular weight is 427 g/mol. The first-order valence-electron chi connectivity index (χ1n) is 10.6. The molecule has 4 atom stereocenters. The van der Waals surface area contributed by atoms with Gasteiger partial charge in [0.25, 0.3) is 0 Å². The molecule has 0 bridgehead atoms. The van der Waals surface area contributed by atoms with E-state index in [-0.39, 0.29) is 23.7 Å². The zero-order valence-corrected chi connectivity index (χ0v) is 17.7. The number of anilines is 1. The highest BCUT2D eigenvalue weighted by atomic mass is 32.2. The van der Waals surface area contributed by atoms with Crippen LogP contribution >= 0.6 is 11.8 Å². The summed E-state index contributed by atoms with van der Waals surface area (Å²) in [7, 11) is 0. The highest BCUT2D eigenvalue weighted by Gasteiger charge is 2.69. The Bertz CT molecular complexity index is 1170. The summed E-state index contributed by atoms with van der Waals surface area (Å²) in [5.74, 6) is 1.08. The van der Waals surface area contributed by atoms with Gasteiger partial charge < -0.3 is 5.32 Å². The van der Waals surface area contributed by atoms with E-state index in [2.05, 4.69) is 22.3 Å². The van der Waals surface area contributed by atoms with Crippen molar-refractivity contribution in [2.45, 2.75) is 17.5 Å². The van der Waals surface area contributed by atoms with Crippen LogP contribution in [0, 0.1) is 5.92 Å². The van der Waals surface area contributed by atoms with Crippen LogP contribution in [0.15, 0.2) is 84.9 Å². The van der Waals surface area contributed by atoms with Crippen molar-refractivity contribution < 1.29 is 9.59 Å². The van der Waals surface area contributed by atoms with Crippen molar-refractivity contribution in [1.29, 1.82) is 0 Å². The number of Topliss-reactive ketones (excluding diaryl/α,β-unsaturated/α-hetero) is 1. The van der Waals surface area contributed by atoms with Crippen molar-refractivity contribution in [2.75, 3.05) is 16.9 Å². The number of benzene rings is 3. The van der Waals surface area contributed by atoms with Gasteiger partial charge in [-0.3, -0.25) is 14.5 Å². The molecule has 0 aromatic heterocycles. The van der Waals surface area contributed by atoms with Crippen LogP contribution in [0.4, 0.5) is 5.69 Å². The second-order valence-electron chi connectivity index (χ2n) is 8.45. The minimum Gasteiger partial charge on any atom is -0.324 e. The van der Waals surface area contributed by atoms with Crippen molar-refractivity contribution in [3.05, 3.63) is 102 Å². The molecule has 2 fully saturated rings. The number of para-hydroxylation sites is 1. The average Bonchev–Trinajstić information content (AvgIpc) is 3.48. The van der Waals surface area contributed by atoms with Gasteiger partial charge in [0, 0.05) is 40.4 Å². The van der Waals surface area contributed by atoms with Crippen molar-refractivity contribution in [2.24, 2.45) is 5.92 Å². The van der Waals surface area contributed by atoms with Crippen LogP contribution in [0.2, 0.25) is 0 Å². The lowest BCUT2D eigenvalue weighted by Gasteiger charge is -2.36. The Balaban J connectivity index is 1.62. The normalized spacial score (nSPS) is 29.0. The van der Waals surface area contributed by atoms with Crippen LogP contribution in [0.5, 0.6) is 0 Å². The summed E-state index contributed by atoms with van der Waals surface area (Å²) >= 11 is 1.85. The predicted molar refractivity (Wildman–Crippen MR) is 123 cm³/mol. The van der Waals surface area contributed by atoms with Gasteiger partial charge in [0.15, 0.2) is 5.78 Å². The van der Waals surface area contributed by atoms with Crippen LogP contribution in [-0.4, -0.2) is 34.3 Å². The Morgan fingerprint density at radius 3 is 2.39 bits per heavy atom. The molecule has 0 aliphatic carbocycles. The largest absolute Gasteiger partial charge is 0.324 e. The number of amides is 1. The maximum Gasteiger partial charge on any atom is 0.250 e. The zero-order chi connectivity index (χ0) is 21.0. The van der Waals surface area contributed by atoms with Crippen LogP contribution in [-0.2, 0) is 10.3 Å². The van der Waals surface area contributed by atoms with Crippen LogP contribution in [0.25, 0.3) is 0 Å². The number of hydrogen-bond donors (Lipinski definition) is 1. The molecular weight excluding hydrogens is 404 g/mol. The SMILES string of the molecule is O=C(c1ccccc1)[C@@H]1[C@H](c2ccccc2)[C@H]2CSCN2[C@@]12C(=O)Nc1ccccc12. The van der Waals surface area contributed by atoms with Crippen LogP contribution < -0.4 is 5.32 Å². The predicted octanol–water partition coefficient (Wildman–Crippen LogP) is 4.51. The molecule has 1 spiro atoms. The van der Waals surface area contributed by atoms with Gasteiger partial charge >= 0.3 is 0 Å². The van der Waals surface area contributed by atoms with Crippen molar-refractivity contribution in [1.82, 2.24) is 4.90 Å². The van der Waals surface area contributed by atoms with Gasteiger partial charge in [0.1, 0.15) is 5.54 Å². The van der Waals surface area contributed by atoms with E-state index in [9.17, 15) is 9.59 Å². The van der Waals surface area contributed by atoms with Gasteiger partial charge in [-0.15, -0.1) is 11.8 Å². The minimum absolute atomic E-state index is 0.0423. The lowest BCUT2D eigenvalue weighted by atomic mass is 9.69. The fraction of sp³-hybridized carbons (Fsp3) is 0.231. The smallest absolute Gasteiger partial charge is 0.250 e. The molecule has 31 heavy (non-hydrogen) atoms. The molecular formula is C26H22N2O2S. The highest BCUT2D eigenvalue weighted by molar-refractivity contribution is 7.99. The number of hydrogen-bond acceptors (Lipinski definition) is 4. The van der Waals surface area contributed by atoms with Gasteiger partial charge in [-0.2, -0.15) is 0 Å². The number of rotatable bonds is 3. The van der Waals surface area contributed by atoms with Crippen molar-refractivity contribution >= 4 is 29.1 Å². The monoisotopic (exact) mass is 426 g/mol. The summed E-state index contributed by atoms with van der Waals surface area (Å²) in [6, 6.07) is 27.7. The molecule has 3 aliphatic heterocycles. The standard InChI is InChI=1S/C26H22N2O2S/c29-24(18-11-5-2-6-12-18)23-22(17-9-3-1-4-10-17)21-15-31-16-28(21)26(23)19-13-7-8-14-20(19)27-25(26)30/h1-14,21-23H,15-16H2,(H,27,30)/t21-,22-,23+,26-/m1/s1. The molecule has 154 valence electrons. The van der Waals surface area contributed by atoms with Crippen molar-refractivity contribution in [3.63, 3.8) is 0 Å². The Morgan fingerprint density at radius 1 is 0.935 bits per heavy atom. The van der Waals surface area contributed by atoms with Gasteiger partial charge in [0.05, 0.1) is 5.92 Å². The molecule has 3 aromatic rings. The number of nitrogens with one attached hydrogen (secondary N) is 1. The summed E-state index contributed by atoms with van der Waals surface area (Å²) in [4.78, 5) is 30.3. The second-order valence-corrected chi connectivity index (χ2v) is 9.45. The molecule has 3 aromatic carbocycles. The van der Waals surface area contributed by atoms with Crippen LogP contribution in [0.3, 0.4) is 0 Å². The Hall–Kier alpha value is -2.89. The van der Waals surface area contributed by atoms with E-state index in [1.165, 1.54) is 0 Å². The molecule has 4 nitrogen and oxygen atoms in total. The zero-order valence-electron chi connectivity index (χ0n) is 16.9. The number of carbonyl (C=O) groups is 2. The van der Waals surface area contributed by atoms with E-state index in [0.717, 1.165) is 28.4 Å². The molecule has 3 aliphatic rings. The highest BCUT2D eigenvalue weighted by Crippen LogP contribution is 2.61. The lowest BCUT2D eigenvalue weighted by molar-refractivity contribution is -0.127. The van der Waals surface area contributed by atoms with Gasteiger partial charge in [-0.25, -0.2) is 0 Å². The molecule has 1 amide bonds. The Kier molecular flexibility index (Phi) is 4.30. The molecule has 5 heteroatoms. The van der Waals surface area contributed by atoms with Gasteiger partial charge in [-0.1, -0.05) is 78.9 Å². The van der Waals surface area contributed by atoms with E-state index in [1.807, 2.05) is 84.6 Å². The number of ketones is 1. The molecule has 1 N–H and O–H groups in total. The molecule has 2 saturated heterocycles. The van der Waals surface area contributed by atoms with E-state index in [4.69, 9.17) is 0 Å². The summed E-state index contributed by atoms with van der Waals surface area (Å²) in [6.07, 6.45) is 0. The minimum atomic E-state index is -0.988. The first kappa shape index (κ1) is 18.8. The lowest BCUT2D eigenvalue weighted by Crippen LogP contribution is -2.52. The number of carbonyl (C=O) groups excluding carboxylic acids is 2. The van der Waals surface area contributed by atoms with E-state index < -0.39 is 11.5 Å². The Labute approximate surface area is 185 Å². The molecule has 0 radical (unpaired) electrons. The van der Waals surface area contributed by atoms with Crippen molar-refractivity contribution in [3.8, 4) is 0 Å². The molecule has 3 heterocycles. The maximum atomic E-state index is 14.2. The molecule has 6 rings (SSSR count). The first-order chi connectivity index (χ1) is 15.2. The van der Waals surface area contributed by atoms with Gasteiger partial charge in [0.2, 0.25) is 5.91 Å². The third-order valence-corrected chi connectivity index (χ3v) is 8.09. The second kappa shape index (κ2) is 7.08. The fourth-order valence-electron chi connectivity index (χ4n) is 5.86. The summed E-state index contributed by atoms with van der Waals surface area (Å²) in [6.45, 7) is 0. The summed E-state index contributed by atoms with van der Waals surface area (Å²) in [5, 5.41) is 3.11. The Morgan fingerprint density at radius 2 is 1.61 bits per heavy atom. The number of fused-ring (bicyclic) bond motifs is 4. The fourth-order valence-corrected chi connectivity index (χ4v) is 7.19.